The number of carbonyl (C=O) groups is 3. The molecule has 2 fully saturated rings. The van der Waals surface area contributed by atoms with Crippen LogP contribution in [0.25, 0.3) is 0 Å². The van der Waals surface area contributed by atoms with Crippen LogP contribution in [0.1, 0.15) is 71.0 Å². The summed E-state index contributed by atoms with van der Waals surface area (Å²) in [6, 6.07) is 3.05. The first kappa shape index (κ1) is 29.7. The number of phenols is 1. The molecule has 1 N–H and O–H groups in total. The Morgan fingerprint density at radius 2 is 1.89 bits per heavy atom. The zero-order chi connectivity index (χ0) is 32.2. The van der Waals surface area contributed by atoms with E-state index in [2.05, 4.69) is 17.9 Å². The van der Waals surface area contributed by atoms with Crippen LogP contribution in [0, 0.1) is 25.2 Å². The number of nitriles is 1. The van der Waals surface area contributed by atoms with Crippen molar-refractivity contribution in [3.63, 3.8) is 0 Å². The van der Waals surface area contributed by atoms with E-state index >= 15 is 0 Å². The van der Waals surface area contributed by atoms with Crippen molar-refractivity contribution in [3.8, 4) is 34.8 Å². The fraction of sp³-hybridized carbons (Fsp3) is 0.500. The number of rotatable bonds is 2. The van der Waals surface area contributed by atoms with Crippen LogP contribution in [0.4, 0.5) is 0 Å². The number of fused-ring (bicyclic) bond motifs is 9. The molecule has 2 aromatic rings. The minimum absolute atomic E-state index is 0.0718. The van der Waals surface area contributed by atoms with Crippen molar-refractivity contribution >= 4 is 29.5 Å². The third-order valence-corrected chi connectivity index (χ3v) is 11.4. The molecule has 45 heavy (non-hydrogen) atoms. The van der Waals surface area contributed by atoms with Gasteiger partial charge in [0.1, 0.15) is 17.9 Å². The van der Waals surface area contributed by atoms with Crippen molar-refractivity contribution in [1.82, 2.24) is 9.80 Å². The van der Waals surface area contributed by atoms with Crippen LogP contribution in [0.3, 0.4) is 0 Å². The van der Waals surface area contributed by atoms with Crippen LogP contribution < -0.4 is 18.9 Å². The number of hydrogen-bond acceptors (Lipinski definition) is 13. The first-order valence-electron chi connectivity index (χ1n) is 14.7. The second-order valence-corrected chi connectivity index (χ2v) is 13.7. The minimum Gasteiger partial charge on any atom is -0.504 e. The number of ketones is 1. The Labute approximate surface area is 264 Å². The number of nitrogens with zero attached hydrogens (tertiary/aromatic N) is 3. The minimum atomic E-state index is -1.14. The van der Waals surface area contributed by atoms with Gasteiger partial charge in [0.25, 0.3) is 0 Å². The first-order valence-corrected chi connectivity index (χ1v) is 15.7. The summed E-state index contributed by atoms with van der Waals surface area (Å²) in [4.78, 5) is 42.6. The van der Waals surface area contributed by atoms with Crippen molar-refractivity contribution in [2.24, 2.45) is 0 Å². The number of aryl methyl sites for hydroxylation is 1. The number of thioether (sulfide) groups is 1. The van der Waals surface area contributed by atoms with E-state index in [0.717, 1.165) is 11.1 Å². The molecule has 0 amide bonds. The largest absolute Gasteiger partial charge is 0.504 e. The Kier molecular flexibility index (Phi) is 6.60. The summed E-state index contributed by atoms with van der Waals surface area (Å²) in [5.41, 5.74) is 1.94. The molecule has 5 atom stereocenters. The summed E-state index contributed by atoms with van der Waals surface area (Å²) in [7, 11) is 3.45. The maximum atomic E-state index is 13.0. The molecule has 0 saturated carbocycles. The summed E-state index contributed by atoms with van der Waals surface area (Å²) in [6.07, 6.45) is 0.375. The van der Waals surface area contributed by atoms with Gasteiger partial charge >= 0.3 is 11.9 Å². The van der Waals surface area contributed by atoms with Crippen LogP contribution in [0.15, 0.2) is 6.07 Å². The molecule has 5 aliphatic rings. The number of likely N-dealkylation sites (N-methyl/N-ethyl adjacent to an activating group) is 1. The number of Topliss-reactive ketones (excluding diaryl/α,β-unsaturated/α-hetero) is 1. The average Bonchev–Trinajstić information content (AvgIpc) is 3.57. The zero-order valence-corrected chi connectivity index (χ0v) is 26.6. The van der Waals surface area contributed by atoms with E-state index in [1.54, 1.807) is 6.92 Å². The van der Waals surface area contributed by atoms with Crippen LogP contribution in [0.2, 0.25) is 0 Å². The standard InChI is InChI=1S/C32H33N3O9S/c1-14-7-17-20(24(38)25(14)40-6)23-29-22-21(28-27(42-13-43-28)15(2)26(22)44-16(3)36)18(8-41-30(39)19(37)9-45-29)35(23)32(11-33)10-31(17,4)34(5)12-32/h7,18,23,29,38H,8-10,12-13H2,1-6H3/t18-,23+,29+,31?,32?/m0/s1. The molecule has 13 heteroatoms. The molecule has 236 valence electrons. The van der Waals surface area contributed by atoms with Gasteiger partial charge in [0.2, 0.25) is 12.6 Å². The van der Waals surface area contributed by atoms with Gasteiger partial charge in [0.05, 0.1) is 36.3 Å². The van der Waals surface area contributed by atoms with E-state index in [4.69, 9.17) is 23.7 Å². The molecular weight excluding hydrogens is 602 g/mol. The number of esters is 2. The first-order chi connectivity index (χ1) is 21.4. The molecule has 0 spiro atoms. The summed E-state index contributed by atoms with van der Waals surface area (Å²) in [5.74, 6) is -1.20. The third kappa shape index (κ3) is 3.88. The van der Waals surface area contributed by atoms with Gasteiger partial charge < -0.3 is 28.8 Å². The lowest BCUT2D eigenvalue weighted by molar-refractivity contribution is -0.155. The highest BCUT2D eigenvalue weighted by molar-refractivity contribution is 8.00. The molecule has 2 saturated heterocycles. The SMILES string of the molecule is COc1c(C)cc2c(c1O)[C@@H]1[C@@H]3SCC(=O)C(=O)OC[C@@H](c4c5c(c(C)c(OC(C)=O)c43)OCO5)N1C1(C#N)CN(C)C2(C)C1. The monoisotopic (exact) mass is 635 g/mol. The van der Waals surface area contributed by atoms with Crippen molar-refractivity contribution in [3.05, 3.63) is 39.4 Å². The van der Waals surface area contributed by atoms with Crippen molar-refractivity contribution < 1.29 is 43.2 Å². The molecule has 2 aromatic carbocycles. The lowest BCUT2D eigenvalue weighted by atomic mass is 9.78. The number of carbonyl (C=O) groups excluding carboxylic acids is 3. The zero-order valence-electron chi connectivity index (χ0n) is 25.8. The average molecular weight is 636 g/mol. The van der Waals surface area contributed by atoms with Crippen molar-refractivity contribution in [2.75, 3.05) is 39.9 Å². The second kappa shape index (κ2) is 10.0. The van der Waals surface area contributed by atoms with Crippen LogP contribution in [-0.4, -0.2) is 78.0 Å². The highest BCUT2D eigenvalue weighted by atomic mass is 32.2. The van der Waals surface area contributed by atoms with Crippen LogP contribution >= 0.6 is 11.8 Å². The van der Waals surface area contributed by atoms with Gasteiger partial charge in [-0.15, -0.1) is 11.8 Å². The molecule has 12 nitrogen and oxygen atoms in total. The third-order valence-electron chi connectivity index (χ3n) is 10.1. The van der Waals surface area contributed by atoms with E-state index in [1.165, 1.54) is 25.8 Å². The fourth-order valence-corrected chi connectivity index (χ4v) is 9.52. The Morgan fingerprint density at radius 1 is 1.16 bits per heavy atom. The summed E-state index contributed by atoms with van der Waals surface area (Å²) >= 11 is 1.17. The summed E-state index contributed by atoms with van der Waals surface area (Å²) < 4.78 is 29.3. The smallest absolute Gasteiger partial charge is 0.375 e. The van der Waals surface area contributed by atoms with Gasteiger partial charge in [-0.1, -0.05) is 0 Å². The lowest BCUT2D eigenvalue weighted by Gasteiger charge is -2.53. The molecule has 0 aliphatic carbocycles. The molecule has 2 unspecified atom stereocenters. The number of hydrogen-bond donors (Lipinski definition) is 1. The Morgan fingerprint density at radius 3 is 2.58 bits per heavy atom. The van der Waals surface area contributed by atoms with E-state index < -0.39 is 46.1 Å². The molecule has 4 bridgehead atoms. The lowest BCUT2D eigenvalue weighted by Crippen LogP contribution is -2.57. The molecule has 0 radical (unpaired) electrons. The predicted molar refractivity (Wildman–Crippen MR) is 159 cm³/mol. The van der Waals surface area contributed by atoms with Crippen LogP contribution in [0.5, 0.6) is 28.7 Å². The Bertz CT molecular complexity index is 1750. The number of ether oxygens (including phenoxy) is 5. The van der Waals surface area contributed by atoms with Gasteiger partial charge in [-0.25, -0.2) is 4.79 Å². The quantitative estimate of drug-likeness (QED) is 0.292. The van der Waals surface area contributed by atoms with Gasteiger partial charge in [-0.05, 0) is 45.0 Å². The van der Waals surface area contributed by atoms with Gasteiger partial charge in [-0.3, -0.25) is 19.4 Å². The maximum Gasteiger partial charge on any atom is 0.375 e. The fourth-order valence-electron chi connectivity index (χ4n) is 8.22. The number of benzene rings is 2. The van der Waals surface area contributed by atoms with Gasteiger partial charge in [0, 0.05) is 47.7 Å². The summed E-state index contributed by atoms with van der Waals surface area (Å²) in [6.45, 7) is 6.97. The predicted octanol–water partition coefficient (Wildman–Crippen LogP) is 3.50. The number of cyclic esters (lactones) is 1. The Hall–Kier alpha value is -3.99. The number of phenolic OH excluding ortho intramolecular Hbond substituents is 1. The van der Waals surface area contributed by atoms with E-state index in [0.29, 0.717) is 52.5 Å². The van der Waals surface area contributed by atoms with Crippen molar-refractivity contribution in [1.29, 1.82) is 5.26 Å². The number of likely N-dealkylation sites (tertiary alicyclic amines) is 1. The topological polar surface area (TPSA) is 148 Å². The second-order valence-electron chi connectivity index (χ2n) is 12.5. The highest BCUT2D eigenvalue weighted by Gasteiger charge is 2.65. The molecular formula is C32H33N3O9S. The van der Waals surface area contributed by atoms with Gasteiger partial charge in [0.15, 0.2) is 23.0 Å². The maximum absolute atomic E-state index is 13.0. The molecule has 5 aliphatic heterocycles. The summed E-state index contributed by atoms with van der Waals surface area (Å²) in [5, 5.41) is 22.5. The van der Waals surface area contributed by atoms with E-state index in [9.17, 15) is 24.8 Å². The molecule has 7 rings (SSSR count). The van der Waals surface area contributed by atoms with Crippen LogP contribution in [-0.2, 0) is 24.7 Å². The Balaban J connectivity index is 1.65. The molecule has 5 heterocycles. The van der Waals surface area contributed by atoms with E-state index in [-0.39, 0.29) is 30.7 Å². The normalized spacial score (nSPS) is 30.0. The highest BCUT2D eigenvalue weighted by Crippen LogP contribution is 2.68. The number of aromatic hydroxyl groups is 1. The van der Waals surface area contributed by atoms with Crippen molar-refractivity contribution in [2.45, 2.75) is 62.5 Å². The van der Waals surface area contributed by atoms with Gasteiger partial charge in [-0.2, -0.15) is 5.26 Å². The molecule has 0 aromatic heterocycles. The number of methoxy groups -OCH3 is 1. The van der Waals surface area contributed by atoms with E-state index in [1.807, 2.05) is 24.9 Å².